The summed E-state index contributed by atoms with van der Waals surface area (Å²) < 4.78 is 9.18. The fourth-order valence-corrected chi connectivity index (χ4v) is 3.62. The number of hydrogen-bond acceptors (Lipinski definition) is 3. The van der Waals surface area contributed by atoms with Crippen LogP contribution in [0.5, 0.6) is 5.75 Å². The van der Waals surface area contributed by atoms with Gasteiger partial charge in [-0.25, -0.2) is 4.52 Å². The highest BCUT2D eigenvalue weighted by molar-refractivity contribution is 5.66. The van der Waals surface area contributed by atoms with Crippen LogP contribution in [0.25, 0.3) is 16.9 Å². The quantitative estimate of drug-likeness (QED) is 0.663. The Morgan fingerprint density at radius 1 is 1.15 bits per heavy atom. The van der Waals surface area contributed by atoms with Crippen molar-refractivity contribution in [2.75, 3.05) is 6.61 Å². The molecule has 138 valence electrons. The molecule has 3 rings (SSSR count). The number of benzene rings is 1. The number of aromatic nitrogens is 3. The number of ether oxygens (including phenoxy) is 1. The van der Waals surface area contributed by atoms with Gasteiger partial charge in [0.25, 0.3) is 5.56 Å². The van der Waals surface area contributed by atoms with Crippen molar-refractivity contribution in [2.24, 2.45) is 7.05 Å². The van der Waals surface area contributed by atoms with Crippen LogP contribution in [0.4, 0.5) is 0 Å². The highest BCUT2D eigenvalue weighted by Crippen LogP contribution is 2.30. The summed E-state index contributed by atoms with van der Waals surface area (Å²) in [6.45, 7) is 8.85. The summed E-state index contributed by atoms with van der Waals surface area (Å²) in [4.78, 5) is 13.2. The predicted molar refractivity (Wildman–Crippen MR) is 105 cm³/mol. The molecule has 0 radical (unpaired) electrons. The van der Waals surface area contributed by atoms with Crippen molar-refractivity contribution in [1.82, 2.24) is 14.2 Å². The molecule has 0 aliphatic carbocycles. The maximum atomic E-state index is 13.2. The molecule has 0 aliphatic rings. The van der Waals surface area contributed by atoms with Gasteiger partial charge in [-0.2, -0.15) is 0 Å². The summed E-state index contributed by atoms with van der Waals surface area (Å²) in [7, 11) is 1.78. The van der Waals surface area contributed by atoms with Gasteiger partial charge >= 0.3 is 0 Å². The lowest BCUT2D eigenvalue weighted by Crippen LogP contribution is -2.24. The van der Waals surface area contributed by atoms with Crippen LogP contribution in [0.15, 0.2) is 35.1 Å². The van der Waals surface area contributed by atoms with Crippen molar-refractivity contribution in [3.8, 4) is 17.1 Å². The highest BCUT2D eigenvalue weighted by Gasteiger charge is 2.21. The first kappa shape index (κ1) is 18.2. The zero-order valence-electron chi connectivity index (χ0n) is 16.2. The number of fused-ring (bicyclic) bond motifs is 1. The second kappa shape index (κ2) is 7.36. The maximum absolute atomic E-state index is 13.2. The fraction of sp³-hybridized carbons (Fsp3) is 0.429. The van der Waals surface area contributed by atoms with Gasteiger partial charge in [-0.1, -0.05) is 26.0 Å². The molecule has 26 heavy (non-hydrogen) atoms. The molecule has 1 aromatic carbocycles. The van der Waals surface area contributed by atoms with Gasteiger partial charge in [0.2, 0.25) is 0 Å². The molecular weight excluding hydrogens is 326 g/mol. The van der Waals surface area contributed by atoms with E-state index in [1.807, 2.05) is 38.1 Å². The van der Waals surface area contributed by atoms with Crippen LogP contribution in [-0.4, -0.2) is 20.8 Å². The number of hydrogen-bond donors (Lipinski definition) is 0. The first-order chi connectivity index (χ1) is 12.5. The third-order valence-electron chi connectivity index (χ3n) is 5.06. The van der Waals surface area contributed by atoms with Crippen LogP contribution >= 0.6 is 0 Å². The summed E-state index contributed by atoms with van der Waals surface area (Å²) in [6.07, 6.45) is 2.02. The van der Waals surface area contributed by atoms with Crippen molar-refractivity contribution < 1.29 is 4.74 Å². The summed E-state index contributed by atoms with van der Waals surface area (Å²) in [5.41, 5.74) is 3.58. The van der Waals surface area contributed by atoms with E-state index >= 15 is 0 Å². The van der Waals surface area contributed by atoms with E-state index in [4.69, 9.17) is 9.84 Å². The molecule has 0 saturated carbocycles. The molecule has 0 bridgehead atoms. The van der Waals surface area contributed by atoms with Gasteiger partial charge in [0.1, 0.15) is 11.3 Å². The molecule has 0 saturated heterocycles. The fourth-order valence-electron chi connectivity index (χ4n) is 3.62. The van der Waals surface area contributed by atoms with Gasteiger partial charge in [0.05, 0.1) is 12.2 Å². The Morgan fingerprint density at radius 3 is 2.50 bits per heavy atom. The van der Waals surface area contributed by atoms with Crippen molar-refractivity contribution in [2.45, 2.75) is 46.5 Å². The van der Waals surface area contributed by atoms with Crippen molar-refractivity contribution in [3.05, 3.63) is 51.9 Å². The van der Waals surface area contributed by atoms with E-state index in [2.05, 4.69) is 19.9 Å². The average Bonchev–Trinajstić information content (AvgIpc) is 2.97. The molecule has 0 aliphatic heterocycles. The molecule has 2 aromatic heterocycles. The third-order valence-corrected chi connectivity index (χ3v) is 5.06. The maximum Gasteiger partial charge on any atom is 0.278 e. The number of para-hydroxylation sites is 1. The van der Waals surface area contributed by atoms with E-state index in [-0.39, 0.29) is 5.56 Å². The first-order valence-corrected chi connectivity index (χ1v) is 9.34. The largest absolute Gasteiger partial charge is 0.493 e. The van der Waals surface area contributed by atoms with Crippen LogP contribution in [0.2, 0.25) is 0 Å². The predicted octanol–water partition coefficient (Wildman–Crippen LogP) is 4.31. The van der Waals surface area contributed by atoms with E-state index in [1.165, 1.54) is 0 Å². The molecule has 5 nitrogen and oxygen atoms in total. The SMILES string of the molecule is CCOc1ccccc1-c1nn2c(C)cc(C(CC)CC)c2c(=O)n1C. The lowest BCUT2D eigenvalue weighted by molar-refractivity contribution is 0.341. The molecule has 3 aromatic rings. The molecule has 0 fully saturated rings. The zero-order valence-corrected chi connectivity index (χ0v) is 16.2. The summed E-state index contributed by atoms with van der Waals surface area (Å²) in [6, 6.07) is 9.83. The third kappa shape index (κ3) is 2.91. The minimum Gasteiger partial charge on any atom is -0.493 e. The van der Waals surface area contributed by atoms with Crippen molar-refractivity contribution >= 4 is 5.52 Å². The minimum atomic E-state index is -0.0173. The summed E-state index contributed by atoms with van der Waals surface area (Å²) in [5, 5.41) is 4.82. The van der Waals surface area contributed by atoms with Crippen molar-refractivity contribution in [1.29, 1.82) is 0 Å². The average molecular weight is 353 g/mol. The minimum absolute atomic E-state index is 0.0173. The molecule has 0 unspecified atom stereocenters. The van der Waals surface area contributed by atoms with Gasteiger partial charge < -0.3 is 4.74 Å². The number of aryl methyl sites for hydroxylation is 1. The normalized spacial score (nSPS) is 11.5. The van der Waals surface area contributed by atoms with E-state index in [9.17, 15) is 4.79 Å². The second-order valence-corrected chi connectivity index (χ2v) is 6.63. The molecule has 0 amide bonds. The lowest BCUT2D eigenvalue weighted by atomic mass is 9.95. The topological polar surface area (TPSA) is 48.5 Å². The van der Waals surface area contributed by atoms with Crippen LogP contribution < -0.4 is 10.3 Å². The Labute approximate surface area is 154 Å². The van der Waals surface area contributed by atoms with Gasteiger partial charge in [-0.05, 0) is 56.4 Å². The van der Waals surface area contributed by atoms with E-state index in [0.29, 0.717) is 23.9 Å². The second-order valence-electron chi connectivity index (χ2n) is 6.63. The zero-order chi connectivity index (χ0) is 18.8. The van der Waals surface area contributed by atoms with E-state index < -0.39 is 0 Å². The Morgan fingerprint density at radius 2 is 1.85 bits per heavy atom. The highest BCUT2D eigenvalue weighted by atomic mass is 16.5. The Bertz CT molecular complexity index is 981. The van der Waals surface area contributed by atoms with Gasteiger partial charge in [0, 0.05) is 12.7 Å². The summed E-state index contributed by atoms with van der Waals surface area (Å²) in [5.74, 6) is 1.72. The Balaban J connectivity index is 2.31. The number of rotatable bonds is 6. The molecule has 0 spiro atoms. The molecule has 0 N–H and O–H groups in total. The van der Waals surface area contributed by atoms with Crippen molar-refractivity contribution in [3.63, 3.8) is 0 Å². The van der Waals surface area contributed by atoms with Crippen LogP contribution in [-0.2, 0) is 7.05 Å². The lowest BCUT2D eigenvalue weighted by Gasteiger charge is -2.15. The van der Waals surface area contributed by atoms with Gasteiger partial charge in [-0.15, -0.1) is 5.10 Å². The Kier molecular flexibility index (Phi) is 5.16. The van der Waals surface area contributed by atoms with Crippen LogP contribution in [0, 0.1) is 6.92 Å². The van der Waals surface area contributed by atoms with Gasteiger partial charge in [0.15, 0.2) is 5.82 Å². The Hall–Kier alpha value is -2.56. The van der Waals surface area contributed by atoms with Crippen LogP contribution in [0.3, 0.4) is 0 Å². The van der Waals surface area contributed by atoms with E-state index in [1.54, 1.807) is 16.1 Å². The molecule has 0 atom stereocenters. The molecule has 5 heteroatoms. The van der Waals surface area contributed by atoms with Crippen LogP contribution in [0.1, 0.15) is 50.8 Å². The first-order valence-electron chi connectivity index (χ1n) is 9.34. The van der Waals surface area contributed by atoms with Gasteiger partial charge in [-0.3, -0.25) is 9.36 Å². The molecular formula is C21H27N3O2. The smallest absolute Gasteiger partial charge is 0.278 e. The number of nitrogens with zero attached hydrogens (tertiary/aromatic N) is 3. The standard InChI is InChI=1S/C21H27N3O2/c1-6-15(7-2)17-13-14(4)24-19(17)21(25)23(5)20(22-24)16-11-9-10-12-18(16)26-8-3/h9-13,15H,6-8H2,1-5H3. The van der Waals surface area contributed by atoms with E-state index in [0.717, 1.165) is 35.4 Å². The summed E-state index contributed by atoms with van der Waals surface area (Å²) >= 11 is 0. The monoisotopic (exact) mass is 353 g/mol. The molecule has 2 heterocycles.